The van der Waals surface area contributed by atoms with Gasteiger partial charge in [0, 0.05) is 18.5 Å². The highest BCUT2D eigenvalue weighted by Gasteiger charge is 2.17. The molecule has 0 atom stereocenters. The first-order valence-corrected chi connectivity index (χ1v) is 6.96. The number of aryl methyl sites for hydroxylation is 1. The number of nitrogens with two attached hydrogens (primary N) is 1. The van der Waals surface area contributed by atoms with E-state index < -0.39 is 0 Å². The normalized spacial score (nSPS) is 12.6. The summed E-state index contributed by atoms with van der Waals surface area (Å²) in [4.78, 5) is 12.1. The van der Waals surface area contributed by atoms with Crippen LogP contribution in [0.1, 0.15) is 49.5 Å². The van der Waals surface area contributed by atoms with Crippen molar-refractivity contribution < 1.29 is 9.18 Å². The van der Waals surface area contributed by atoms with Crippen LogP contribution in [0.3, 0.4) is 0 Å². The second-order valence-electron chi connectivity index (χ2n) is 6.33. The van der Waals surface area contributed by atoms with Gasteiger partial charge in [0.1, 0.15) is 0 Å². The van der Waals surface area contributed by atoms with E-state index in [0.717, 1.165) is 17.5 Å². The molecule has 2 N–H and O–H groups in total. The molecule has 0 heterocycles. The molecule has 0 fully saturated rings. The quantitative estimate of drug-likeness (QED) is 0.797. The third kappa shape index (κ3) is 5.66. The van der Waals surface area contributed by atoms with Crippen LogP contribution in [0.5, 0.6) is 0 Å². The lowest BCUT2D eigenvalue weighted by atomic mass is 9.87. The molecule has 20 heavy (non-hydrogen) atoms. The number of hydrogen-bond donors (Lipinski definition) is 1. The zero-order chi connectivity index (χ0) is 15.2. The van der Waals surface area contributed by atoms with Gasteiger partial charge >= 0.3 is 0 Å². The largest absolute Gasteiger partial charge is 0.327 e. The molecule has 0 aliphatic heterocycles. The number of carbonyl (C=O) groups excluding carboxylic acids is 1. The Balaban J connectivity index is 2.63. The Labute approximate surface area is 120 Å². The highest BCUT2D eigenvalue weighted by molar-refractivity contribution is 5.96. The van der Waals surface area contributed by atoms with Crippen LogP contribution in [0.15, 0.2) is 36.2 Å². The molecule has 1 aromatic rings. The minimum Gasteiger partial charge on any atom is -0.327 e. The molecule has 0 unspecified atom stereocenters. The molecule has 0 aromatic heterocycles. The van der Waals surface area contributed by atoms with E-state index in [2.05, 4.69) is 20.8 Å². The Morgan fingerprint density at radius 3 is 2.30 bits per heavy atom. The molecule has 0 aliphatic carbocycles. The molecule has 0 radical (unpaired) electrons. The molecule has 0 saturated carbocycles. The fraction of sp³-hybridized carbons (Fsp3) is 0.471. The highest BCUT2D eigenvalue weighted by Crippen LogP contribution is 2.22. The van der Waals surface area contributed by atoms with Gasteiger partial charge in [-0.25, -0.2) is 4.39 Å². The standard InChI is InChI=1S/C17H24FNO/c1-17(2,3)10-16(20)15-8-6-13(7-9-15)4-5-14(11-18)12-19/h6-9,11H,4-5,10,12,19H2,1-3H3/b14-11-. The SMILES string of the molecule is CC(C)(C)CC(=O)c1ccc(CC/C(=C/F)CN)cc1. The topological polar surface area (TPSA) is 43.1 Å². The van der Waals surface area contributed by atoms with Crippen molar-refractivity contribution in [2.45, 2.75) is 40.0 Å². The number of rotatable bonds is 6. The lowest BCUT2D eigenvalue weighted by Gasteiger charge is -2.16. The minimum absolute atomic E-state index is 0.00228. The molecule has 110 valence electrons. The van der Waals surface area contributed by atoms with Crippen molar-refractivity contribution in [2.24, 2.45) is 11.1 Å². The third-order valence-corrected chi connectivity index (χ3v) is 3.12. The average molecular weight is 277 g/mol. The van der Waals surface area contributed by atoms with E-state index in [1.54, 1.807) is 0 Å². The van der Waals surface area contributed by atoms with Crippen molar-refractivity contribution in [1.82, 2.24) is 0 Å². The zero-order valence-electron chi connectivity index (χ0n) is 12.6. The molecule has 1 rings (SSSR count). The van der Waals surface area contributed by atoms with Gasteiger partial charge in [-0.2, -0.15) is 0 Å². The van der Waals surface area contributed by atoms with E-state index in [4.69, 9.17) is 5.73 Å². The molecular weight excluding hydrogens is 253 g/mol. The number of benzene rings is 1. The van der Waals surface area contributed by atoms with Gasteiger partial charge in [0.15, 0.2) is 5.78 Å². The van der Waals surface area contributed by atoms with Crippen LogP contribution in [0.4, 0.5) is 4.39 Å². The molecule has 0 amide bonds. The number of ketones is 1. The van der Waals surface area contributed by atoms with Gasteiger partial charge < -0.3 is 5.73 Å². The number of halogens is 1. The lowest BCUT2D eigenvalue weighted by molar-refractivity contribution is 0.0940. The van der Waals surface area contributed by atoms with Crippen LogP contribution < -0.4 is 5.73 Å². The smallest absolute Gasteiger partial charge is 0.163 e. The van der Waals surface area contributed by atoms with Crippen molar-refractivity contribution in [3.8, 4) is 0 Å². The molecule has 1 aromatic carbocycles. The zero-order valence-corrected chi connectivity index (χ0v) is 12.6. The van der Waals surface area contributed by atoms with Crippen molar-refractivity contribution in [2.75, 3.05) is 6.54 Å². The summed E-state index contributed by atoms with van der Waals surface area (Å²) in [5.41, 5.74) is 7.85. The van der Waals surface area contributed by atoms with E-state index in [1.165, 1.54) is 0 Å². The van der Waals surface area contributed by atoms with Gasteiger partial charge in [0.05, 0.1) is 6.33 Å². The Kier molecular flexibility index (Phi) is 6.08. The van der Waals surface area contributed by atoms with Gasteiger partial charge in [-0.05, 0) is 29.4 Å². The highest BCUT2D eigenvalue weighted by atomic mass is 19.1. The van der Waals surface area contributed by atoms with Gasteiger partial charge in [0.25, 0.3) is 0 Å². The molecular formula is C17H24FNO. The first-order valence-electron chi connectivity index (χ1n) is 6.96. The Hall–Kier alpha value is -1.48. The van der Waals surface area contributed by atoms with Crippen LogP contribution in [-0.2, 0) is 6.42 Å². The summed E-state index contributed by atoms with van der Waals surface area (Å²) in [6, 6.07) is 7.57. The Morgan fingerprint density at radius 1 is 1.25 bits per heavy atom. The monoisotopic (exact) mass is 277 g/mol. The third-order valence-electron chi connectivity index (χ3n) is 3.12. The van der Waals surface area contributed by atoms with E-state index in [1.807, 2.05) is 24.3 Å². The minimum atomic E-state index is -0.00228. The van der Waals surface area contributed by atoms with Gasteiger partial charge in [-0.1, -0.05) is 45.0 Å². The fourth-order valence-corrected chi connectivity index (χ4v) is 1.95. The van der Waals surface area contributed by atoms with E-state index in [9.17, 15) is 9.18 Å². The van der Waals surface area contributed by atoms with Gasteiger partial charge in [-0.3, -0.25) is 4.79 Å². The summed E-state index contributed by atoms with van der Waals surface area (Å²) in [6.45, 7) is 6.41. The van der Waals surface area contributed by atoms with Crippen molar-refractivity contribution in [3.63, 3.8) is 0 Å². The van der Waals surface area contributed by atoms with Crippen molar-refractivity contribution in [1.29, 1.82) is 0 Å². The second kappa shape index (κ2) is 7.34. The van der Waals surface area contributed by atoms with Crippen LogP contribution >= 0.6 is 0 Å². The summed E-state index contributed by atoms with van der Waals surface area (Å²) >= 11 is 0. The summed E-state index contributed by atoms with van der Waals surface area (Å²) in [5.74, 6) is 0.162. The van der Waals surface area contributed by atoms with Crippen LogP contribution in [0, 0.1) is 5.41 Å². The van der Waals surface area contributed by atoms with E-state index in [-0.39, 0.29) is 17.7 Å². The maximum Gasteiger partial charge on any atom is 0.163 e. The van der Waals surface area contributed by atoms with Crippen LogP contribution in [-0.4, -0.2) is 12.3 Å². The van der Waals surface area contributed by atoms with Gasteiger partial charge in [-0.15, -0.1) is 0 Å². The Bertz CT molecular complexity index is 469. The van der Waals surface area contributed by atoms with Crippen LogP contribution in [0.25, 0.3) is 0 Å². The molecule has 0 saturated heterocycles. The molecule has 0 bridgehead atoms. The van der Waals surface area contributed by atoms with Crippen molar-refractivity contribution in [3.05, 3.63) is 47.3 Å². The maximum atomic E-state index is 12.4. The van der Waals surface area contributed by atoms with Crippen LogP contribution in [0.2, 0.25) is 0 Å². The molecule has 0 aliphatic rings. The number of Topliss-reactive ketones (excluding diaryl/α,β-unsaturated/α-hetero) is 1. The predicted octanol–water partition coefficient (Wildman–Crippen LogP) is 4.05. The van der Waals surface area contributed by atoms with Gasteiger partial charge in [0.2, 0.25) is 0 Å². The first kappa shape index (κ1) is 16.6. The molecule has 2 nitrogen and oxygen atoms in total. The molecule has 0 spiro atoms. The molecule has 3 heteroatoms. The summed E-state index contributed by atoms with van der Waals surface area (Å²) in [7, 11) is 0. The first-order chi connectivity index (χ1) is 9.35. The van der Waals surface area contributed by atoms with E-state index in [0.29, 0.717) is 24.7 Å². The van der Waals surface area contributed by atoms with Crippen molar-refractivity contribution >= 4 is 5.78 Å². The fourth-order valence-electron chi connectivity index (χ4n) is 1.95. The summed E-state index contributed by atoms with van der Waals surface area (Å²) in [6.07, 6.45) is 2.47. The average Bonchev–Trinajstić information content (AvgIpc) is 2.38. The second-order valence-corrected chi connectivity index (χ2v) is 6.33. The Morgan fingerprint density at radius 2 is 1.85 bits per heavy atom. The maximum absolute atomic E-state index is 12.4. The summed E-state index contributed by atoms with van der Waals surface area (Å²) in [5, 5.41) is 0. The van der Waals surface area contributed by atoms with E-state index >= 15 is 0 Å². The number of carbonyl (C=O) groups is 1. The number of hydrogen-bond acceptors (Lipinski definition) is 2. The predicted molar refractivity (Wildman–Crippen MR) is 81.4 cm³/mol. The summed E-state index contributed by atoms with van der Waals surface area (Å²) < 4.78 is 12.4. The lowest BCUT2D eigenvalue weighted by Crippen LogP contribution is -2.13.